The third-order valence-electron chi connectivity index (χ3n) is 2.97. The number of amides is 2. The number of carbonyl (C=O) groups excluding carboxylic acids is 1. The molecule has 19 heavy (non-hydrogen) atoms. The van der Waals surface area contributed by atoms with E-state index in [0.29, 0.717) is 6.61 Å². The van der Waals surface area contributed by atoms with Gasteiger partial charge in [0.1, 0.15) is 5.75 Å². The summed E-state index contributed by atoms with van der Waals surface area (Å²) in [6, 6.07) is 5.45. The summed E-state index contributed by atoms with van der Waals surface area (Å²) in [5.74, 6) is 0.890. The Morgan fingerprint density at radius 3 is 3.00 bits per heavy atom. The fourth-order valence-electron chi connectivity index (χ4n) is 2.03. The molecule has 1 unspecified atom stereocenters. The van der Waals surface area contributed by atoms with Crippen molar-refractivity contribution >= 4 is 6.03 Å². The molecule has 2 amide bonds. The quantitative estimate of drug-likeness (QED) is 0.769. The highest BCUT2D eigenvalue weighted by molar-refractivity contribution is 5.74. The fraction of sp³-hybridized carbons (Fsp3) is 0.500. The van der Waals surface area contributed by atoms with Gasteiger partial charge < -0.3 is 20.5 Å². The maximum Gasteiger partial charge on any atom is 0.315 e. The Bertz CT molecular complexity index is 460. The van der Waals surface area contributed by atoms with Gasteiger partial charge in [-0.3, -0.25) is 0 Å². The molecule has 5 heteroatoms. The number of benzene rings is 1. The zero-order valence-corrected chi connectivity index (χ0v) is 11.3. The molecule has 0 saturated heterocycles. The summed E-state index contributed by atoms with van der Waals surface area (Å²) in [4.78, 5) is 11.4. The van der Waals surface area contributed by atoms with Crippen molar-refractivity contribution in [2.75, 3.05) is 13.2 Å². The summed E-state index contributed by atoms with van der Waals surface area (Å²) in [6.45, 7) is 4.66. The highest BCUT2D eigenvalue weighted by atomic mass is 16.5. The largest absolute Gasteiger partial charge is 0.493 e. The van der Waals surface area contributed by atoms with Gasteiger partial charge >= 0.3 is 6.03 Å². The number of aliphatic hydroxyl groups excluding tert-OH is 1. The van der Waals surface area contributed by atoms with E-state index in [1.807, 2.05) is 32.0 Å². The number of ether oxygens (including phenoxy) is 1. The van der Waals surface area contributed by atoms with Crippen molar-refractivity contribution in [3.8, 4) is 5.75 Å². The summed E-state index contributed by atoms with van der Waals surface area (Å²) in [6.07, 6.45) is 0.167. The van der Waals surface area contributed by atoms with Crippen LogP contribution in [0.15, 0.2) is 18.2 Å². The Morgan fingerprint density at radius 1 is 1.47 bits per heavy atom. The molecule has 1 heterocycles. The van der Waals surface area contributed by atoms with Gasteiger partial charge in [-0.25, -0.2) is 4.79 Å². The average Bonchev–Trinajstić information content (AvgIpc) is 2.82. The van der Waals surface area contributed by atoms with Crippen LogP contribution >= 0.6 is 0 Å². The molecule has 104 valence electrons. The van der Waals surface area contributed by atoms with Crippen LogP contribution < -0.4 is 15.4 Å². The third kappa shape index (κ3) is 3.61. The molecule has 1 aromatic rings. The van der Waals surface area contributed by atoms with Crippen LogP contribution in [0.4, 0.5) is 4.79 Å². The third-order valence-corrected chi connectivity index (χ3v) is 2.97. The second-order valence-corrected chi connectivity index (χ2v) is 4.99. The van der Waals surface area contributed by atoms with Gasteiger partial charge in [0.05, 0.1) is 12.7 Å². The minimum absolute atomic E-state index is 0.0780. The Labute approximate surface area is 113 Å². The smallest absolute Gasteiger partial charge is 0.315 e. The molecule has 0 fully saturated rings. The van der Waals surface area contributed by atoms with E-state index in [4.69, 9.17) is 4.74 Å². The van der Waals surface area contributed by atoms with Gasteiger partial charge in [0.15, 0.2) is 0 Å². The van der Waals surface area contributed by atoms with Crippen LogP contribution in [0, 0.1) is 0 Å². The standard InChI is InChI=1S/C14H20N2O3/c1-9(2)16-14(18)15-8-12(17)10-3-4-13-11(7-10)5-6-19-13/h3-4,7,9,12,17H,5-6,8H2,1-2H3,(H2,15,16,18). The fourth-order valence-corrected chi connectivity index (χ4v) is 2.03. The maximum absolute atomic E-state index is 11.4. The summed E-state index contributed by atoms with van der Waals surface area (Å²) in [5, 5.41) is 15.4. The lowest BCUT2D eigenvalue weighted by molar-refractivity contribution is 0.172. The monoisotopic (exact) mass is 264 g/mol. The van der Waals surface area contributed by atoms with Crippen LogP contribution in [-0.2, 0) is 6.42 Å². The van der Waals surface area contributed by atoms with E-state index in [1.54, 1.807) is 0 Å². The zero-order valence-electron chi connectivity index (χ0n) is 11.3. The molecule has 1 atom stereocenters. The van der Waals surface area contributed by atoms with E-state index in [2.05, 4.69) is 10.6 Å². The van der Waals surface area contributed by atoms with E-state index in [9.17, 15) is 9.90 Å². The minimum Gasteiger partial charge on any atom is -0.493 e. The first kappa shape index (κ1) is 13.7. The molecule has 0 aliphatic carbocycles. The Balaban J connectivity index is 1.89. The van der Waals surface area contributed by atoms with Crippen molar-refractivity contribution in [3.05, 3.63) is 29.3 Å². The van der Waals surface area contributed by atoms with Crippen molar-refractivity contribution in [3.63, 3.8) is 0 Å². The van der Waals surface area contributed by atoms with Gasteiger partial charge in [0.25, 0.3) is 0 Å². The van der Waals surface area contributed by atoms with Crippen molar-refractivity contribution in [1.29, 1.82) is 0 Å². The molecule has 5 nitrogen and oxygen atoms in total. The van der Waals surface area contributed by atoms with E-state index < -0.39 is 6.10 Å². The highest BCUT2D eigenvalue weighted by Gasteiger charge is 2.16. The molecule has 0 radical (unpaired) electrons. The minimum atomic E-state index is -0.705. The van der Waals surface area contributed by atoms with E-state index in [1.165, 1.54) is 0 Å². The lowest BCUT2D eigenvalue weighted by Gasteiger charge is -2.15. The first-order valence-electron chi connectivity index (χ1n) is 6.54. The van der Waals surface area contributed by atoms with Crippen molar-refractivity contribution in [1.82, 2.24) is 10.6 Å². The number of rotatable bonds is 4. The topological polar surface area (TPSA) is 70.6 Å². The maximum atomic E-state index is 11.4. The molecule has 0 saturated carbocycles. The molecule has 0 bridgehead atoms. The number of hydrogen-bond acceptors (Lipinski definition) is 3. The SMILES string of the molecule is CC(C)NC(=O)NCC(O)c1ccc2c(c1)CCO2. The van der Waals surface area contributed by atoms with Crippen LogP contribution in [0.5, 0.6) is 5.75 Å². The molecular weight excluding hydrogens is 244 g/mol. The zero-order chi connectivity index (χ0) is 13.8. The van der Waals surface area contributed by atoms with Gasteiger partial charge in [-0.2, -0.15) is 0 Å². The molecule has 0 spiro atoms. The Kier molecular flexibility index (Phi) is 4.27. The summed E-state index contributed by atoms with van der Waals surface area (Å²) in [5.41, 5.74) is 1.91. The second kappa shape index (κ2) is 5.93. The van der Waals surface area contributed by atoms with Gasteiger partial charge in [-0.1, -0.05) is 6.07 Å². The second-order valence-electron chi connectivity index (χ2n) is 4.99. The van der Waals surface area contributed by atoms with Crippen LogP contribution in [0.2, 0.25) is 0 Å². The number of carbonyl (C=O) groups is 1. The van der Waals surface area contributed by atoms with E-state index in [-0.39, 0.29) is 18.6 Å². The number of aliphatic hydroxyl groups is 1. The normalized spacial score (nSPS) is 14.7. The van der Waals surface area contributed by atoms with Crippen molar-refractivity contribution < 1.29 is 14.6 Å². The molecule has 1 aromatic carbocycles. The average molecular weight is 264 g/mol. The highest BCUT2D eigenvalue weighted by Crippen LogP contribution is 2.27. The van der Waals surface area contributed by atoms with Crippen molar-refractivity contribution in [2.24, 2.45) is 0 Å². The van der Waals surface area contributed by atoms with Gasteiger partial charge in [0.2, 0.25) is 0 Å². The predicted molar refractivity (Wildman–Crippen MR) is 72.3 cm³/mol. The van der Waals surface area contributed by atoms with Gasteiger partial charge in [0, 0.05) is 19.0 Å². The summed E-state index contributed by atoms with van der Waals surface area (Å²) in [7, 11) is 0. The molecule has 1 aliphatic rings. The summed E-state index contributed by atoms with van der Waals surface area (Å²) >= 11 is 0. The number of fused-ring (bicyclic) bond motifs is 1. The molecule has 1 aliphatic heterocycles. The molecule has 3 N–H and O–H groups in total. The first-order chi connectivity index (χ1) is 9.06. The number of urea groups is 1. The Morgan fingerprint density at radius 2 is 2.26 bits per heavy atom. The lowest BCUT2D eigenvalue weighted by Crippen LogP contribution is -2.41. The molecule has 2 rings (SSSR count). The first-order valence-corrected chi connectivity index (χ1v) is 6.54. The molecular formula is C14H20N2O3. The number of nitrogens with one attached hydrogen (secondary N) is 2. The van der Waals surface area contributed by atoms with Crippen LogP contribution in [0.3, 0.4) is 0 Å². The van der Waals surface area contributed by atoms with Gasteiger partial charge in [-0.05, 0) is 37.1 Å². The summed E-state index contributed by atoms with van der Waals surface area (Å²) < 4.78 is 5.41. The predicted octanol–water partition coefficient (Wildman–Crippen LogP) is 1.36. The van der Waals surface area contributed by atoms with Gasteiger partial charge in [-0.15, -0.1) is 0 Å². The lowest BCUT2D eigenvalue weighted by atomic mass is 10.0. The van der Waals surface area contributed by atoms with E-state index in [0.717, 1.165) is 23.3 Å². The van der Waals surface area contributed by atoms with Crippen LogP contribution in [-0.4, -0.2) is 30.3 Å². The van der Waals surface area contributed by atoms with Crippen molar-refractivity contribution in [2.45, 2.75) is 32.4 Å². The van der Waals surface area contributed by atoms with Crippen LogP contribution in [0.1, 0.15) is 31.1 Å². The Hall–Kier alpha value is -1.75. The molecule has 0 aromatic heterocycles. The van der Waals surface area contributed by atoms with Crippen LogP contribution in [0.25, 0.3) is 0 Å². The van der Waals surface area contributed by atoms with E-state index >= 15 is 0 Å². The number of hydrogen-bond donors (Lipinski definition) is 3.